The zero-order valence-electron chi connectivity index (χ0n) is 12.4. The first-order valence-electron chi connectivity index (χ1n) is 7.40. The van der Waals surface area contributed by atoms with Gasteiger partial charge in [0.15, 0.2) is 0 Å². The van der Waals surface area contributed by atoms with Gasteiger partial charge in [-0.2, -0.15) is 11.8 Å². The second-order valence-corrected chi connectivity index (χ2v) is 6.17. The fourth-order valence-corrected chi connectivity index (χ4v) is 3.39. The molecule has 0 radical (unpaired) electrons. The summed E-state index contributed by atoms with van der Waals surface area (Å²) in [4.78, 5) is 0. The van der Waals surface area contributed by atoms with Gasteiger partial charge in [0.25, 0.3) is 0 Å². The smallest absolute Gasteiger partial charge is 0.122 e. The van der Waals surface area contributed by atoms with Crippen molar-refractivity contribution in [1.82, 2.24) is 5.32 Å². The Kier molecular flexibility index (Phi) is 6.20. The van der Waals surface area contributed by atoms with Gasteiger partial charge in [-0.05, 0) is 36.3 Å². The fourth-order valence-electron chi connectivity index (χ4n) is 2.73. The molecule has 20 heavy (non-hydrogen) atoms. The minimum Gasteiger partial charge on any atom is -0.493 e. The maximum atomic E-state index is 9.18. The maximum absolute atomic E-state index is 9.18. The van der Waals surface area contributed by atoms with Crippen LogP contribution in [0.4, 0.5) is 0 Å². The summed E-state index contributed by atoms with van der Waals surface area (Å²) in [5.74, 6) is 2.07. The predicted octanol–water partition coefficient (Wildman–Crippen LogP) is 2.78. The number of thioether (sulfide) groups is 1. The first kappa shape index (κ1) is 15.7. The van der Waals surface area contributed by atoms with Crippen LogP contribution in [-0.2, 0) is 6.42 Å². The summed E-state index contributed by atoms with van der Waals surface area (Å²) in [7, 11) is 0. The zero-order valence-corrected chi connectivity index (χ0v) is 13.2. The van der Waals surface area contributed by atoms with Crippen molar-refractivity contribution in [2.75, 3.05) is 25.2 Å². The lowest BCUT2D eigenvalue weighted by atomic mass is 9.99. The van der Waals surface area contributed by atoms with E-state index in [1.54, 1.807) is 0 Å². The van der Waals surface area contributed by atoms with Crippen molar-refractivity contribution in [1.29, 1.82) is 0 Å². The highest BCUT2D eigenvalue weighted by atomic mass is 32.2. The third-order valence-corrected chi connectivity index (χ3v) is 4.54. The highest BCUT2D eigenvalue weighted by Crippen LogP contribution is 2.29. The Morgan fingerprint density at radius 1 is 1.45 bits per heavy atom. The van der Waals surface area contributed by atoms with Crippen molar-refractivity contribution in [2.24, 2.45) is 0 Å². The van der Waals surface area contributed by atoms with Gasteiger partial charge in [0.1, 0.15) is 5.75 Å². The van der Waals surface area contributed by atoms with Crippen molar-refractivity contribution in [3.63, 3.8) is 0 Å². The Hall–Kier alpha value is -0.710. The van der Waals surface area contributed by atoms with Crippen molar-refractivity contribution < 1.29 is 9.84 Å². The van der Waals surface area contributed by atoms with Crippen LogP contribution in [0.5, 0.6) is 5.75 Å². The molecular weight excluding hydrogens is 270 g/mol. The van der Waals surface area contributed by atoms with E-state index in [1.165, 1.54) is 11.1 Å². The van der Waals surface area contributed by atoms with Crippen LogP contribution in [0.15, 0.2) is 18.2 Å². The number of hydrogen-bond acceptors (Lipinski definition) is 4. The Bertz CT molecular complexity index is 419. The molecule has 2 N–H and O–H groups in total. The molecule has 0 fully saturated rings. The number of ether oxygens (including phenoxy) is 1. The monoisotopic (exact) mass is 295 g/mol. The number of hydrogen-bond donors (Lipinski definition) is 2. The molecule has 1 aromatic carbocycles. The van der Waals surface area contributed by atoms with Crippen molar-refractivity contribution in [2.45, 2.75) is 38.3 Å². The summed E-state index contributed by atoms with van der Waals surface area (Å²) in [6, 6.07) is 7.26. The van der Waals surface area contributed by atoms with E-state index in [9.17, 15) is 5.11 Å². The minimum absolute atomic E-state index is 0.243. The molecule has 2 rings (SSSR count). The molecule has 1 aliphatic rings. The molecule has 4 heteroatoms. The Morgan fingerprint density at radius 3 is 3.00 bits per heavy atom. The fraction of sp³-hybridized carbons (Fsp3) is 0.625. The maximum Gasteiger partial charge on any atom is 0.122 e. The van der Waals surface area contributed by atoms with Gasteiger partial charge in [0.05, 0.1) is 6.61 Å². The summed E-state index contributed by atoms with van der Waals surface area (Å²) in [6.07, 6.45) is 4.99. The molecule has 0 aliphatic carbocycles. The number of nitrogens with one attached hydrogen (secondary N) is 1. The average molecular weight is 295 g/mol. The molecule has 112 valence electrons. The third kappa shape index (κ3) is 3.90. The van der Waals surface area contributed by atoms with Gasteiger partial charge in [-0.15, -0.1) is 0 Å². The van der Waals surface area contributed by atoms with Crippen LogP contribution in [0, 0.1) is 0 Å². The van der Waals surface area contributed by atoms with Crippen LogP contribution in [0.25, 0.3) is 0 Å². The molecule has 0 amide bonds. The van der Waals surface area contributed by atoms with Crippen molar-refractivity contribution in [3.05, 3.63) is 29.3 Å². The molecule has 1 aliphatic heterocycles. The van der Waals surface area contributed by atoms with E-state index in [4.69, 9.17) is 4.74 Å². The number of benzene rings is 1. The second-order valence-electron chi connectivity index (χ2n) is 5.26. The topological polar surface area (TPSA) is 41.5 Å². The number of rotatable bonds is 8. The average Bonchev–Trinajstić information content (AvgIpc) is 2.92. The lowest BCUT2D eigenvalue weighted by Crippen LogP contribution is -2.35. The van der Waals surface area contributed by atoms with Gasteiger partial charge in [0.2, 0.25) is 0 Å². The van der Waals surface area contributed by atoms with Crippen LogP contribution in [-0.4, -0.2) is 36.4 Å². The Morgan fingerprint density at radius 2 is 2.30 bits per heavy atom. The largest absolute Gasteiger partial charge is 0.493 e. The van der Waals surface area contributed by atoms with E-state index in [-0.39, 0.29) is 6.61 Å². The highest BCUT2D eigenvalue weighted by molar-refractivity contribution is 7.98. The standard InChI is InChI=1S/C16H25NO2S/c1-3-15(17-14(6-8-18)11-20-2)12-4-5-16-13(10-12)7-9-19-16/h4-5,10,14-15,17-18H,3,6-9,11H2,1-2H3. The minimum atomic E-state index is 0.243. The molecule has 3 nitrogen and oxygen atoms in total. The molecule has 1 aromatic rings. The summed E-state index contributed by atoms with van der Waals surface area (Å²) < 4.78 is 5.57. The van der Waals surface area contributed by atoms with Crippen LogP contribution in [0.2, 0.25) is 0 Å². The quantitative estimate of drug-likeness (QED) is 0.774. The highest BCUT2D eigenvalue weighted by Gasteiger charge is 2.18. The van der Waals surface area contributed by atoms with Crippen LogP contribution >= 0.6 is 11.8 Å². The molecular formula is C16H25NO2S. The van der Waals surface area contributed by atoms with Gasteiger partial charge < -0.3 is 15.2 Å². The van der Waals surface area contributed by atoms with Gasteiger partial charge in [-0.1, -0.05) is 19.1 Å². The number of aliphatic hydroxyl groups is 1. The summed E-state index contributed by atoms with van der Waals surface area (Å²) in [6.45, 7) is 3.26. The first-order valence-corrected chi connectivity index (χ1v) is 8.79. The van der Waals surface area contributed by atoms with E-state index < -0.39 is 0 Å². The lowest BCUT2D eigenvalue weighted by Gasteiger charge is -2.25. The molecule has 0 saturated carbocycles. The number of fused-ring (bicyclic) bond motifs is 1. The van der Waals surface area contributed by atoms with Gasteiger partial charge in [-0.3, -0.25) is 0 Å². The van der Waals surface area contributed by atoms with Crippen molar-refractivity contribution in [3.8, 4) is 5.75 Å². The number of aliphatic hydroxyl groups excluding tert-OH is 1. The summed E-state index contributed by atoms with van der Waals surface area (Å²) in [5, 5.41) is 12.9. The molecule has 2 atom stereocenters. The molecule has 2 unspecified atom stereocenters. The van der Waals surface area contributed by atoms with E-state index in [2.05, 4.69) is 36.7 Å². The van der Waals surface area contributed by atoms with Gasteiger partial charge in [0, 0.05) is 30.9 Å². The normalized spacial score (nSPS) is 16.6. The molecule has 0 saturated heterocycles. The van der Waals surface area contributed by atoms with Crippen LogP contribution in [0.1, 0.15) is 36.9 Å². The second kappa shape index (κ2) is 7.91. The van der Waals surface area contributed by atoms with Gasteiger partial charge in [-0.25, -0.2) is 0 Å². The van der Waals surface area contributed by atoms with E-state index in [1.807, 2.05) is 11.8 Å². The lowest BCUT2D eigenvalue weighted by molar-refractivity contribution is 0.263. The Balaban J connectivity index is 2.06. The first-order chi connectivity index (χ1) is 9.78. The van der Waals surface area contributed by atoms with Gasteiger partial charge >= 0.3 is 0 Å². The molecule has 0 spiro atoms. The van der Waals surface area contributed by atoms with E-state index in [0.717, 1.165) is 37.4 Å². The van der Waals surface area contributed by atoms with Crippen LogP contribution in [0.3, 0.4) is 0 Å². The Labute approximate surface area is 126 Å². The van der Waals surface area contributed by atoms with E-state index >= 15 is 0 Å². The SMILES string of the molecule is CCC(NC(CCO)CSC)c1ccc2c(c1)CCO2. The van der Waals surface area contributed by atoms with Crippen molar-refractivity contribution >= 4 is 11.8 Å². The molecule has 0 bridgehead atoms. The van der Waals surface area contributed by atoms with E-state index in [0.29, 0.717) is 12.1 Å². The summed E-state index contributed by atoms with van der Waals surface area (Å²) in [5.41, 5.74) is 2.66. The summed E-state index contributed by atoms with van der Waals surface area (Å²) >= 11 is 1.82. The molecule has 0 aromatic heterocycles. The zero-order chi connectivity index (χ0) is 14.4. The third-order valence-electron chi connectivity index (χ3n) is 3.81. The predicted molar refractivity (Wildman–Crippen MR) is 85.7 cm³/mol. The van der Waals surface area contributed by atoms with Crippen LogP contribution < -0.4 is 10.1 Å². The molecule has 1 heterocycles.